The number of amides is 1. The lowest BCUT2D eigenvalue weighted by molar-refractivity contribution is -0.122. The molecule has 0 saturated carbocycles. The second-order valence-corrected chi connectivity index (χ2v) is 5.62. The van der Waals surface area contributed by atoms with E-state index >= 15 is 0 Å². The number of aromatic nitrogens is 2. The van der Waals surface area contributed by atoms with Gasteiger partial charge in [0.05, 0.1) is 23.5 Å². The average molecular weight is 317 g/mol. The fourth-order valence-electron chi connectivity index (χ4n) is 2.39. The van der Waals surface area contributed by atoms with Gasteiger partial charge in [-0.15, -0.1) is 0 Å². The van der Waals surface area contributed by atoms with Gasteiger partial charge in [-0.2, -0.15) is 0 Å². The first-order chi connectivity index (χ1) is 11.7. The summed E-state index contributed by atoms with van der Waals surface area (Å²) in [6.07, 6.45) is 3.39. The first-order valence-corrected chi connectivity index (χ1v) is 7.93. The van der Waals surface area contributed by atoms with Crippen LogP contribution in [0.25, 0.3) is 11.3 Å². The van der Waals surface area contributed by atoms with Crippen LogP contribution >= 0.6 is 0 Å². The molecule has 0 aliphatic carbocycles. The van der Waals surface area contributed by atoms with Gasteiger partial charge in [0, 0.05) is 18.3 Å². The molecule has 2 aromatic carbocycles. The lowest BCUT2D eigenvalue weighted by Gasteiger charge is -2.12. The highest BCUT2D eigenvalue weighted by Gasteiger charge is 2.16. The molecule has 3 aromatic rings. The minimum Gasteiger partial charge on any atom is -0.351 e. The third kappa shape index (κ3) is 3.84. The summed E-state index contributed by atoms with van der Waals surface area (Å²) in [5.74, 6) is -0.397. The number of carbonyl (C=O) groups is 1. The Labute approximate surface area is 141 Å². The van der Waals surface area contributed by atoms with Crippen LogP contribution < -0.4 is 5.32 Å². The van der Waals surface area contributed by atoms with E-state index in [0.29, 0.717) is 12.2 Å². The smallest absolute Gasteiger partial charge is 0.229 e. The lowest BCUT2D eigenvalue weighted by Crippen LogP contribution is -2.28. The molecule has 0 saturated heterocycles. The van der Waals surface area contributed by atoms with Gasteiger partial charge in [-0.3, -0.25) is 14.8 Å². The van der Waals surface area contributed by atoms with Gasteiger partial charge in [0.1, 0.15) is 0 Å². The third-order valence-electron chi connectivity index (χ3n) is 3.89. The Bertz CT molecular complexity index is 786. The van der Waals surface area contributed by atoms with Crippen molar-refractivity contribution in [1.82, 2.24) is 15.3 Å². The third-order valence-corrected chi connectivity index (χ3v) is 3.89. The molecule has 0 bridgehead atoms. The molecular weight excluding hydrogens is 298 g/mol. The Morgan fingerprint density at radius 3 is 2.25 bits per heavy atom. The lowest BCUT2D eigenvalue weighted by atomic mass is 10.1. The van der Waals surface area contributed by atoms with Crippen LogP contribution in [0.2, 0.25) is 0 Å². The summed E-state index contributed by atoms with van der Waals surface area (Å²) in [6, 6.07) is 19.7. The predicted molar refractivity (Wildman–Crippen MR) is 94.2 cm³/mol. The normalized spacial score (nSPS) is 11.7. The van der Waals surface area contributed by atoms with Gasteiger partial charge >= 0.3 is 0 Å². The molecule has 1 N–H and O–H groups in total. The van der Waals surface area contributed by atoms with Gasteiger partial charge in [-0.05, 0) is 12.5 Å². The molecule has 0 aliphatic heterocycles. The van der Waals surface area contributed by atoms with E-state index in [2.05, 4.69) is 15.3 Å². The molecule has 1 atom stereocenters. The highest BCUT2D eigenvalue weighted by molar-refractivity contribution is 5.82. The second kappa shape index (κ2) is 7.51. The number of hydrogen-bond acceptors (Lipinski definition) is 3. The Balaban J connectivity index is 1.64. The number of carbonyl (C=O) groups excluding carboxylic acids is 1. The van der Waals surface area contributed by atoms with Gasteiger partial charge < -0.3 is 5.32 Å². The molecule has 0 fully saturated rings. The SMILES string of the molecule is CC(C(=O)NCc1ccccc1)c1cnc(-c2ccccc2)cn1. The zero-order valence-corrected chi connectivity index (χ0v) is 13.5. The molecular formula is C20H19N3O. The van der Waals surface area contributed by atoms with Crippen LogP contribution in [0.15, 0.2) is 73.1 Å². The van der Waals surface area contributed by atoms with Crippen molar-refractivity contribution in [3.05, 3.63) is 84.3 Å². The average Bonchev–Trinajstić information content (AvgIpc) is 2.67. The Morgan fingerprint density at radius 1 is 0.958 bits per heavy atom. The van der Waals surface area contributed by atoms with Crippen LogP contribution in [0.1, 0.15) is 24.1 Å². The highest BCUT2D eigenvalue weighted by Crippen LogP contribution is 2.18. The Kier molecular flexibility index (Phi) is 4.96. The van der Waals surface area contributed by atoms with Crippen LogP contribution in [0, 0.1) is 0 Å². The predicted octanol–water partition coefficient (Wildman–Crippen LogP) is 3.56. The molecule has 0 spiro atoms. The fourth-order valence-corrected chi connectivity index (χ4v) is 2.39. The van der Waals surface area contributed by atoms with Crippen LogP contribution in [0.3, 0.4) is 0 Å². The monoisotopic (exact) mass is 317 g/mol. The van der Waals surface area contributed by atoms with Gasteiger partial charge in [-0.1, -0.05) is 60.7 Å². The van der Waals surface area contributed by atoms with E-state index in [4.69, 9.17) is 0 Å². The molecule has 1 unspecified atom stereocenters. The zero-order chi connectivity index (χ0) is 16.8. The molecule has 24 heavy (non-hydrogen) atoms. The topological polar surface area (TPSA) is 54.9 Å². The molecule has 4 heteroatoms. The first-order valence-electron chi connectivity index (χ1n) is 7.93. The van der Waals surface area contributed by atoms with E-state index in [-0.39, 0.29) is 11.8 Å². The summed E-state index contributed by atoms with van der Waals surface area (Å²) in [5.41, 5.74) is 3.55. The zero-order valence-electron chi connectivity index (χ0n) is 13.5. The molecule has 1 amide bonds. The quantitative estimate of drug-likeness (QED) is 0.783. The van der Waals surface area contributed by atoms with E-state index < -0.39 is 0 Å². The Morgan fingerprint density at radius 2 is 1.62 bits per heavy atom. The Hall–Kier alpha value is -3.01. The maximum atomic E-state index is 12.3. The van der Waals surface area contributed by atoms with Gasteiger partial charge in [0.25, 0.3) is 0 Å². The van der Waals surface area contributed by atoms with E-state index in [1.807, 2.05) is 67.6 Å². The van der Waals surface area contributed by atoms with Crippen molar-refractivity contribution in [2.75, 3.05) is 0 Å². The van der Waals surface area contributed by atoms with E-state index in [1.165, 1.54) is 0 Å². The highest BCUT2D eigenvalue weighted by atomic mass is 16.1. The maximum absolute atomic E-state index is 12.3. The number of nitrogens with one attached hydrogen (secondary N) is 1. The van der Waals surface area contributed by atoms with E-state index in [9.17, 15) is 4.79 Å². The first kappa shape index (κ1) is 15.9. The van der Waals surface area contributed by atoms with Crippen molar-refractivity contribution < 1.29 is 4.79 Å². The summed E-state index contributed by atoms with van der Waals surface area (Å²) in [5, 5.41) is 2.94. The number of hydrogen-bond donors (Lipinski definition) is 1. The van der Waals surface area contributed by atoms with Crippen LogP contribution in [0.4, 0.5) is 0 Å². The molecule has 0 aliphatic rings. The van der Waals surface area contributed by atoms with Gasteiger partial charge in [0.2, 0.25) is 5.91 Å². The van der Waals surface area contributed by atoms with Crippen LogP contribution in [-0.2, 0) is 11.3 Å². The fraction of sp³-hybridized carbons (Fsp3) is 0.150. The molecule has 4 nitrogen and oxygen atoms in total. The van der Waals surface area contributed by atoms with Crippen LogP contribution in [0.5, 0.6) is 0 Å². The maximum Gasteiger partial charge on any atom is 0.229 e. The minimum absolute atomic E-state index is 0.0550. The number of benzene rings is 2. The number of nitrogens with zero attached hydrogens (tertiary/aromatic N) is 2. The van der Waals surface area contributed by atoms with Crippen molar-refractivity contribution in [2.45, 2.75) is 19.4 Å². The second-order valence-electron chi connectivity index (χ2n) is 5.62. The summed E-state index contributed by atoms with van der Waals surface area (Å²) >= 11 is 0. The standard InChI is InChI=1S/C20H19N3O/c1-15(20(24)23-12-16-8-4-2-5-9-16)18-13-22-19(14-21-18)17-10-6-3-7-11-17/h2-11,13-15H,12H2,1H3,(H,23,24). The molecule has 3 rings (SSSR count). The largest absolute Gasteiger partial charge is 0.351 e. The summed E-state index contributed by atoms with van der Waals surface area (Å²) in [6.45, 7) is 2.35. The van der Waals surface area contributed by atoms with Crippen LogP contribution in [-0.4, -0.2) is 15.9 Å². The van der Waals surface area contributed by atoms with Gasteiger partial charge in [-0.25, -0.2) is 0 Å². The van der Waals surface area contributed by atoms with E-state index in [0.717, 1.165) is 16.8 Å². The van der Waals surface area contributed by atoms with Crippen molar-refractivity contribution >= 4 is 5.91 Å². The van der Waals surface area contributed by atoms with Crippen molar-refractivity contribution in [3.63, 3.8) is 0 Å². The van der Waals surface area contributed by atoms with Gasteiger partial charge in [0.15, 0.2) is 0 Å². The summed E-state index contributed by atoms with van der Waals surface area (Å²) < 4.78 is 0. The number of rotatable bonds is 5. The molecule has 1 aromatic heterocycles. The van der Waals surface area contributed by atoms with Crippen molar-refractivity contribution in [2.24, 2.45) is 0 Å². The molecule has 120 valence electrons. The van der Waals surface area contributed by atoms with Crippen molar-refractivity contribution in [3.8, 4) is 11.3 Å². The van der Waals surface area contributed by atoms with E-state index in [1.54, 1.807) is 12.4 Å². The molecule has 0 radical (unpaired) electrons. The summed E-state index contributed by atoms with van der Waals surface area (Å²) in [4.78, 5) is 21.1. The molecule has 1 heterocycles. The summed E-state index contributed by atoms with van der Waals surface area (Å²) in [7, 11) is 0. The van der Waals surface area contributed by atoms with Crippen molar-refractivity contribution in [1.29, 1.82) is 0 Å². The minimum atomic E-state index is -0.342.